The number of carbonyl (C=O) groups is 2. The van der Waals surface area contributed by atoms with Gasteiger partial charge in [-0.15, -0.1) is 0 Å². The van der Waals surface area contributed by atoms with Crippen LogP contribution < -0.4 is 10.1 Å². The van der Waals surface area contributed by atoms with Crippen LogP contribution in [0.1, 0.15) is 22.8 Å². The molecule has 1 amide bonds. The van der Waals surface area contributed by atoms with Crippen molar-refractivity contribution < 1.29 is 19.1 Å². The third-order valence-electron chi connectivity index (χ3n) is 3.37. The van der Waals surface area contributed by atoms with Crippen molar-refractivity contribution in [1.29, 1.82) is 0 Å². The molecular weight excluding hydrogens is 330 g/mol. The topological polar surface area (TPSA) is 64.6 Å². The molecule has 2 aromatic carbocycles. The fourth-order valence-corrected chi connectivity index (χ4v) is 2.19. The van der Waals surface area contributed by atoms with Gasteiger partial charge in [0, 0.05) is 6.54 Å². The maximum absolute atomic E-state index is 12.0. The summed E-state index contributed by atoms with van der Waals surface area (Å²) in [5.41, 5.74) is 1.14. The molecule has 0 saturated heterocycles. The van der Waals surface area contributed by atoms with Crippen molar-refractivity contribution in [3.05, 3.63) is 64.7 Å². The minimum Gasteiger partial charge on any atom is -0.497 e. The number of hydrogen-bond donors (Lipinski definition) is 1. The zero-order valence-corrected chi connectivity index (χ0v) is 14.2. The molecule has 0 radical (unpaired) electrons. The number of nitrogens with one attached hydrogen (secondary N) is 1. The number of hydrogen-bond acceptors (Lipinski definition) is 4. The maximum atomic E-state index is 12.0. The fraction of sp³-hybridized carbons (Fsp3) is 0.222. The minimum absolute atomic E-state index is 0.231. The molecule has 0 heterocycles. The molecule has 2 aromatic rings. The summed E-state index contributed by atoms with van der Waals surface area (Å²) in [6.07, 6.45) is -0.924. The van der Waals surface area contributed by atoms with E-state index in [2.05, 4.69) is 5.32 Å². The van der Waals surface area contributed by atoms with E-state index in [4.69, 9.17) is 21.1 Å². The van der Waals surface area contributed by atoms with Gasteiger partial charge >= 0.3 is 5.97 Å². The highest BCUT2D eigenvalue weighted by Gasteiger charge is 2.20. The summed E-state index contributed by atoms with van der Waals surface area (Å²) in [6, 6.07) is 13.8. The molecule has 0 aromatic heterocycles. The smallest absolute Gasteiger partial charge is 0.340 e. The van der Waals surface area contributed by atoms with E-state index in [-0.39, 0.29) is 16.5 Å². The van der Waals surface area contributed by atoms with Crippen molar-refractivity contribution in [1.82, 2.24) is 5.32 Å². The predicted octanol–water partition coefficient (Wildman–Crippen LogP) is 3.21. The molecule has 0 saturated carbocycles. The molecule has 24 heavy (non-hydrogen) atoms. The highest BCUT2D eigenvalue weighted by Crippen LogP contribution is 2.16. The Labute approximate surface area is 145 Å². The Hall–Kier alpha value is -2.53. The van der Waals surface area contributed by atoms with Crippen LogP contribution in [0, 0.1) is 0 Å². The van der Waals surface area contributed by atoms with Gasteiger partial charge in [0.15, 0.2) is 6.10 Å². The van der Waals surface area contributed by atoms with Crippen molar-refractivity contribution in [3.8, 4) is 5.75 Å². The van der Waals surface area contributed by atoms with Crippen LogP contribution in [0.4, 0.5) is 0 Å². The van der Waals surface area contributed by atoms with Crippen molar-refractivity contribution in [2.45, 2.75) is 19.6 Å². The van der Waals surface area contributed by atoms with Crippen LogP contribution in [0.2, 0.25) is 5.02 Å². The monoisotopic (exact) mass is 347 g/mol. The van der Waals surface area contributed by atoms with Crippen LogP contribution in [0.25, 0.3) is 0 Å². The SMILES string of the molecule is COc1ccc(CNC(=O)[C@H](C)OC(=O)c2ccccc2Cl)cc1. The Bertz CT molecular complexity index is 715. The number of benzene rings is 2. The lowest BCUT2D eigenvalue weighted by molar-refractivity contribution is -0.129. The van der Waals surface area contributed by atoms with E-state index < -0.39 is 12.1 Å². The zero-order valence-electron chi connectivity index (χ0n) is 13.4. The summed E-state index contributed by atoms with van der Waals surface area (Å²) in [7, 11) is 1.59. The molecule has 0 aliphatic heterocycles. The van der Waals surface area contributed by atoms with Gasteiger partial charge in [0.2, 0.25) is 0 Å². The van der Waals surface area contributed by atoms with E-state index in [1.807, 2.05) is 24.3 Å². The summed E-state index contributed by atoms with van der Waals surface area (Å²) in [5, 5.41) is 3.00. The molecule has 0 spiro atoms. The number of ether oxygens (including phenoxy) is 2. The quantitative estimate of drug-likeness (QED) is 0.815. The minimum atomic E-state index is -0.924. The molecule has 0 aliphatic rings. The Morgan fingerprint density at radius 2 is 1.79 bits per heavy atom. The fourth-order valence-electron chi connectivity index (χ4n) is 1.98. The maximum Gasteiger partial charge on any atom is 0.340 e. The van der Waals surface area contributed by atoms with E-state index in [1.54, 1.807) is 31.4 Å². The van der Waals surface area contributed by atoms with Gasteiger partial charge in [-0.05, 0) is 36.8 Å². The van der Waals surface area contributed by atoms with Crippen LogP contribution in [0.3, 0.4) is 0 Å². The molecule has 1 N–H and O–H groups in total. The average Bonchev–Trinajstić information content (AvgIpc) is 2.60. The van der Waals surface area contributed by atoms with E-state index >= 15 is 0 Å². The summed E-state index contributed by atoms with van der Waals surface area (Å²) < 4.78 is 10.2. The predicted molar refractivity (Wildman–Crippen MR) is 91.2 cm³/mol. The molecule has 1 atom stereocenters. The van der Waals surface area contributed by atoms with Gasteiger partial charge in [-0.1, -0.05) is 35.9 Å². The summed E-state index contributed by atoms with van der Waals surface area (Å²) in [5.74, 6) is -0.272. The van der Waals surface area contributed by atoms with Crippen LogP contribution in [0.5, 0.6) is 5.75 Å². The first kappa shape index (κ1) is 17.8. The molecule has 0 aliphatic carbocycles. The molecular formula is C18H18ClNO4. The Morgan fingerprint density at radius 3 is 2.42 bits per heavy atom. The molecule has 6 heteroatoms. The van der Waals surface area contributed by atoms with Crippen molar-refractivity contribution in [2.75, 3.05) is 7.11 Å². The lowest BCUT2D eigenvalue weighted by Crippen LogP contribution is -2.35. The third kappa shape index (κ3) is 4.73. The number of carbonyl (C=O) groups excluding carboxylic acids is 2. The Morgan fingerprint density at radius 1 is 1.12 bits per heavy atom. The Balaban J connectivity index is 1.87. The number of methoxy groups -OCH3 is 1. The van der Waals surface area contributed by atoms with Crippen molar-refractivity contribution in [2.24, 2.45) is 0 Å². The lowest BCUT2D eigenvalue weighted by Gasteiger charge is -2.14. The molecule has 126 valence electrons. The van der Waals surface area contributed by atoms with Gasteiger partial charge in [0.25, 0.3) is 5.91 Å². The van der Waals surface area contributed by atoms with E-state index in [0.717, 1.165) is 11.3 Å². The second-order valence-electron chi connectivity index (χ2n) is 5.09. The van der Waals surface area contributed by atoms with Gasteiger partial charge in [0.1, 0.15) is 5.75 Å². The van der Waals surface area contributed by atoms with Crippen molar-refractivity contribution >= 4 is 23.5 Å². The summed E-state index contributed by atoms with van der Waals surface area (Å²) in [6.45, 7) is 1.84. The highest BCUT2D eigenvalue weighted by atomic mass is 35.5. The highest BCUT2D eigenvalue weighted by molar-refractivity contribution is 6.33. The van der Waals surface area contributed by atoms with Gasteiger partial charge < -0.3 is 14.8 Å². The van der Waals surface area contributed by atoms with Gasteiger partial charge in [-0.25, -0.2) is 4.79 Å². The first-order chi connectivity index (χ1) is 11.5. The largest absolute Gasteiger partial charge is 0.497 e. The second kappa shape index (κ2) is 8.36. The number of amides is 1. The number of rotatable bonds is 6. The molecule has 5 nitrogen and oxygen atoms in total. The second-order valence-corrected chi connectivity index (χ2v) is 5.50. The van der Waals surface area contributed by atoms with E-state index in [0.29, 0.717) is 6.54 Å². The van der Waals surface area contributed by atoms with Gasteiger partial charge in [-0.2, -0.15) is 0 Å². The van der Waals surface area contributed by atoms with Crippen LogP contribution >= 0.6 is 11.6 Å². The lowest BCUT2D eigenvalue weighted by atomic mass is 10.2. The van der Waals surface area contributed by atoms with E-state index in [1.165, 1.54) is 6.92 Å². The first-order valence-corrected chi connectivity index (χ1v) is 7.75. The average molecular weight is 348 g/mol. The van der Waals surface area contributed by atoms with Crippen LogP contribution in [-0.2, 0) is 16.1 Å². The Kier molecular flexibility index (Phi) is 6.21. The van der Waals surface area contributed by atoms with Gasteiger partial charge in [-0.3, -0.25) is 4.79 Å². The first-order valence-electron chi connectivity index (χ1n) is 7.37. The number of halogens is 1. The van der Waals surface area contributed by atoms with E-state index in [9.17, 15) is 9.59 Å². The summed E-state index contributed by atoms with van der Waals surface area (Å²) >= 11 is 5.94. The molecule has 0 fully saturated rings. The number of esters is 1. The van der Waals surface area contributed by atoms with Crippen molar-refractivity contribution in [3.63, 3.8) is 0 Å². The van der Waals surface area contributed by atoms with Gasteiger partial charge in [0.05, 0.1) is 17.7 Å². The normalized spacial score (nSPS) is 11.5. The third-order valence-corrected chi connectivity index (χ3v) is 3.70. The molecule has 0 bridgehead atoms. The zero-order chi connectivity index (χ0) is 17.5. The standard InChI is InChI=1S/C18H18ClNO4/c1-12(24-18(22)15-5-3-4-6-16(15)19)17(21)20-11-13-7-9-14(23-2)10-8-13/h3-10,12H,11H2,1-2H3,(H,20,21)/t12-/m0/s1. The van der Waals surface area contributed by atoms with Crippen LogP contribution in [-0.4, -0.2) is 25.1 Å². The molecule has 2 rings (SSSR count). The summed E-state index contributed by atoms with van der Waals surface area (Å²) in [4.78, 5) is 24.1. The molecule has 0 unspecified atom stereocenters. The van der Waals surface area contributed by atoms with Crippen LogP contribution in [0.15, 0.2) is 48.5 Å².